The first-order chi connectivity index (χ1) is 16.5. The average Bonchev–Trinajstić information content (AvgIpc) is 3.23. The first-order valence-corrected chi connectivity index (χ1v) is 11.7. The van der Waals surface area contributed by atoms with E-state index in [0.717, 1.165) is 5.56 Å². The average molecular weight is 497 g/mol. The molecule has 10 heteroatoms. The fraction of sp³-hybridized carbons (Fsp3) is 0.360. The molecule has 4 aromatic rings. The van der Waals surface area contributed by atoms with E-state index in [0.29, 0.717) is 41.3 Å². The van der Waals surface area contributed by atoms with Crippen molar-refractivity contribution in [3.05, 3.63) is 69.2 Å². The zero-order valence-electron chi connectivity index (χ0n) is 20.2. The second-order valence-electron chi connectivity index (χ2n) is 9.57. The number of ether oxygens (including phenoxy) is 1. The number of morpholine rings is 1. The molecule has 0 unspecified atom stereocenters. The summed E-state index contributed by atoms with van der Waals surface area (Å²) in [7, 11) is 3.53. The Balaban J connectivity index is 1.71. The summed E-state index contributed by atoms with van der Waals surface area (Å²) in [5.74, 6) is 0.533. The summed E-state index contributed by atoms with van der Waals surface area (Å²) in [5, 5.41) is 4.92. The van der Waals surface area contributed by atoms with Crippen LogP contribution in [-0.2, 0) is 18.8 Å². The number of hydrogen-bond acceptors (Lipinski definition) is 6. The van der Waals surface area contributed by atoms with E-state index in [1.54, 1.807) is 43.0 Å². The predicted octanol–water partition coefficient (Wildman–Crippen LogP) is 4.19. The normalized spacial score (nSPS) is 17.8. The Morgan fingerprint density at radius 1 is 1.20 bits per heavy atom. The Morgan fingerprint density at radius 3 is 2.66 bits per heavy atom. The molecule has 5 rings (SSSR count). The highest BCUT2D eigenvalue weighted by molar-refractivity contribution is 6.30. The quantitative estimate of drug-likeness (QED) is 0.423. The topological polar surface area (TPSA) is 78.1 Å². The number of pyridine rings is 1. The molecule has 182 valence electrons. The van der Waals surface area contributed by atoms with Gasteiger partial charge in [0.25, 0.3) is 5.56 Å². The summed E-state index contributed by atoms with van der Waals surface area (Å²) in [5.41, 5.74) is 1.11. The van der Waals surface area contributed by atoms with Crippen molar-refractivity contribution >= 4 is 28.3 Å². The molecule has 0 amide bonds. The molecular formula is C25H26ClFN6O2. The molecule has 1 atom stereocenters. The van der Waals surface area contributed by atoms with E-state index in [9.17, 15) is 4.79 Å². The number of halogens is 2. The number of benzene rings is 1. The maximum atomic E-state index is 15.0. The highest BCUT2D eigenvalue weighted by Crippen LogP contribution is 2.36. The zero-order valence-corrected chi connectivity index (χ0v) is 21.0. The van der Waals surface area contributed by atoms with E-state index in [1.165, 1.54) is 10.6 Å². The minimum atomic E-state index is -0.529. The minimum Gasteiger partial charge on any atom is -0.364 e. The summed E-state index contributed by atoms with van der Waals surface area (Å²) < 4.78 is 24.6. The second-order valence-corrected chi connectivity index (χ2v) is 10.0. The van der Waals surface area contributed by atoms with Crippen LogP contribution < -0.4 is 10.5 Å². The first-order valence-electron chi connectivity index (χ1n) is 11.3. The number of aryl methyl sites for hydroxylation is 2. The molecule has 0 aliphatic carbocycles. The number of hydrogen-bond donors (Lipinski definition) is 0. The van der Waals surface area contributed by atoms with Crippen LogP contribution in [0.5, 0.6) is 0 Å². The number of nitrogens with zero attached hydrogens (tertiary/aromatic N) is 6. The molecule has 1 aromatic carbocycles. The van der Waals surface area contributed by atoms with E-state index >= 15 is 4.39 Å². The van der Waals surface area contributed by atoms with Gasteiger partial charge in [-0.05, 0) is 45.0 Å². The van der Waals surface area contributed by atoms with Crippen molar-refractivity contribution in [1.29, 1.82) is 0 Å². The fourth-order valence-electron chi connectivity index (χ4n) is 4.54. The Bertz CT molecular complexity index is 1510. The standard InChI is InChI=1S/C25H26ClFN6O2/c1-14-29-23-18(24(34)32(14)5)9-21(30-22(23)17-7-6-16(26)8-19(17)27)33-12-20(35-25(2,3)13-33)15-10-28-31(4)11-15/h6-11,20H,12-13H2,1-5H3/t20-/m1/s1. The van der Waals surface area contributed by atoms with Gasteiger partial charge in [0.05, 0.1) is 23.7 Å². The van der Waals surface area contributed by atoms with Gasteiger partial charge in [-0.2, -0.15) is 5.10 Å². The van der Waals surface area contributed by atoms with Crippen molar-refractivity contribution in [1.82, 2.24) is 24.3 Å². The third-order valence-electron chi connectivity index (χ3n) is 6.30. The predicted molar refractivity (Wildman–Crippen MR) is 133 cm³/mol. The molecule has 1 aliphatic rings. The first kappa shape index (κ1) is 23.4. The van der Waals surface area contributed by atoms with Crippen molar-refractivity contribution in [2.24, 2.45) is 14.1 Å². The third kappa shape index (κ3) is 4.30. The van der Waals surface area contributed by atoms with Crippen LogP contribution in [0.15, 0.2) is 41.5 Å². The largest absolute Gasteiger partial charge is 0.364 e. The molecule has 0 spiro atoms. The Labute approximate surface area is 206 Å². The van der Waals surface area contributed by atoms with Crippen LogP contribution in [0.25, 0.3) is 22.2 Å². The van der Waals surface area contributed by atoms with Crippen molar-refractivity contribution < 1.29 is 9.13 Å². The molecule has 35 heavy (non-hydrogen) atoms. The molecule has 1 fully saturated rings. The van der Waals surface area contributed by atoms with Gasteiger partial charge in [-0.25, -0.2) is 14.4 Å². The molecule has 4 heterocycles. The monoisotopic (exact) mass is 496 g/mol. The lowest BCUT2D eigenvalue weighted by Crippen LogP contribution is -2.50. The van der Waals surface area contributed by atoms with Crippen LogP contribution in [0.3, 0.4) is 0 Å². The maximum absolute atomic E-state index is 15.0. The smallest absolute Gasteiger partial charge is 0.261 e. The van der Waals surface area contributed by atoms with Crippen molar-refractivity contribution in [3.8, 4) is 11.3 Å². The van der Waals surface area contributed by atoms with Gasteiger partial charge in [-0.1, -0.05) is 11.6 Å². The fourth-order valence-corrected chi connectivity index (χ4v) is 4.69. The Hall–Kier alpha value is -3.30. The van der Waals surface area contributed by atoms with Gasteiger partial charge in [0, 0.05) is 43.0 Å². The van der Waals surface area contributed by atoms with Crippen LogP contribution in [0.1, 0.15) is 31.3 Å². The highest BCUT2D eigenvalue weighted by atomic mass is 35.5. The zero-order chi connectivity index (χ0) is 25.1. The van der Waals surface area contributed by atoms with Crippen LogP contribution >= 0.6 is 11.6 Å². The summed E-state index contributed by atoms with van der Waals surface area (Å²) in [6.45, 7) is 6.78. The molecule has 8 nitrogen and oxygen atoms in total. The van der Waals surface area contributed by atoms with Gasteiger partial charge in [0.2, 0.25) is 0 Å². The van der Waals surface area contributed by atoms with E-state index in [2.05, 4.69) is 15.0 Å². The SMILES string of the molecule is Cc1nc2c(-c3ccc(Cl)cc3F)nc(N3C[C@H](c4cnn(C)c4)OC(C)(C)C3)cc2c(=O)n1C. The lowest BCUT2D eigenvalue weighted by Gasteiger charge is -2.43. The van der Waals surface area contributed by atoms with Gasteiger partial charge in [0.1, 0.15) is 34.8 Å². The molecule has 1 saturated heterocycles. The third-order valence-corrected chi connectivity index (χ3v) is 6.53. The molecular weight excluding hydrogens is 471 g/mol. The number of aromatic nitrogens is 5. The van der Waals surface area contributed by atoms with Crippen molar-refractivity contribution in [3.63, 3.8) is 0 Å². The minimum absolute atomic E-state index is 0.219. The van der Waals surface area contributed by atoms with Gasteiger partial charge in [-0.3, -0.25) is 14.0 Å². The van der Waals surface area contributed by atoms with Crippen LogP contribution in [-0.4, -0.2) is 43.0 Å². The van der Waals surface area contributed by atoms with Gasteiger partial charge in [-0.15, -0.1) is 0 Å². The summed E-state index contributed by atoms with van der Waals surface area (Å²) in [4.78, 5) is 24.8. The number of fused-ring (bicyclic) bond motifs is 1. The van der Waals surface area contributed by atoms with Gasteiger partial charge in [0.15, 0.2) is 0 Å². The van der Waals surface area contributed by atoms with Crippen LogP contribution in [0, 0.1) is 12.7 Å². The van der Waals surface area contributed by atoms with E-state index in [-0.39, 0.29) is 22.2 Å². The molecule has 1 aliphatic heterocycles. The molecule has 0 N–H and O–H groups in total. The van der Waals surface area contributed by atoms with Crippen LogP contribution in [0.4, 0.5) is 10.2 Å². The molecule has 0 bridgehead atoms. The number of rotatable bonds is 3. The van der Waals surface area contributed by atoms with Crippen molar-refractivity contribution in [2.75, 3.05) is 18.0 Å². The number of anilines is 1. The summed E-state index contributed by atoms with van der Waals surface area (Å²) in [6, 6.07) is 6.15. The molecule has 0 radical (unpaired) electrons. The van der Waals surface area contributed by atoms with Crippen LogP contribution in [0.2, 0.25) is 5.02 Å². The summed E-state index contributed by atoms with van der Waals surface area (Å²) in [6.07, 6.45) is 3.46. The summed E-state index contributed by atoms with van der Waals surface area (Å²) >= 11 is 6.00. The maximum Gasteiger partial charge on any atom is 0.261 e. The second kappa shape index (κ2) is 8.42. The Morgan fingerprint density at radius 2 is 1.97 bits per heavy atom. The van der Waals surface area contributed by atoms with E-state index in [1.807, 2.05) is 27.1 Å². The highest BCUT2D eigenvalue weighted by Gasteiger charge is 2.36. The lowest BCUT2D eigenvalue weighted by atomic mass is 10.0. The lowest BCUT2D eigenvalue weighted by molar-refractivity contribution is -0.0857. The molecule has 3 aromatic heterocycles. The molecule has 0 saturated carbocycles. The van der Waals surface area contributed by atoms with Crippen molar-refractivity contribution in [2.45, 2.75) is 32.5 Å². The Kier molecular flexibility index (Phi) is 5.64. The van der Waals surface area contributed by atoms with E-state index < -0.39 is 11.4 Å². The van der Waals surface area contributed by atoms with E-state index in [4.69, 9.17) is 21.3 Å². The van der Waals surface area contributed by atoms with Gasteiger partial charge >= 0.3 is 0 Å². The van der Waals surface area contributed by atoms with Gasteiger partial charge < -0.3 is 9.64 Å².